The average molecular weight is 407 g/mol. The maximum atomic E-state index is 13.2. The quantitative estimate of drug-likeness (QED) is 0.555. The summed E-state index contributed by atoms with van der Waals surface area (Å²) in [6, 6.07) is 2.42. The molecule has 0 saturated heterocycles. The third-order valence-corrected chi connectivity index (χ3v) is 3.39. The van der Waals surface area contributed by atoms with Crippen LogP contribution in [0.15, 0.2) is 12.1 Å². The van der Waals surface area contributed by atoms with E-state index in [1.165, 1.54) is 27.2 Å². The van der Waals surface area contributed by atoms with Gasteiger partial charge in [0.25, 0.3) is 0 Å². The fraction of sp³-hybridized carbons (Fsp3) is 0.250. The van der Waals surface area contributed by atoms with Gasteiger partial charge in [-0.1, -0.05) is 23.2 Å². The summed E-state index contributed by atoms with van der Waals surface area (Å²) < 4.78 is 35.0. The number of aryl methyl sites for hydroxylation is 2. The Morgan fingerprint density at radius 1 is 0.923 bits per heavy atom. The van der Waals surface area contributed by atoms with E-state index in [4.69, 9.17) is 23.2 Å². The minimum Gasteiger partial charge on any atom is -0.465 e. The first-order chi connectivity index (χ1) is 12.1. The first-order valence-electron chi connectivity index (χ1n) is 6.94. The van der Waals surface area contributed by atoms with Gasteiger partial charge in [0.1, 0.15) is 16.3 Å². The third kappa shape index (κ3) is 5.34. The zero-order valence-corrected chi connectivity index (χ0v) is 15.7. The van der Waals surface area contributed by atoms with Gasteiger partial charge in [-0.3, -0.25) is 0 Å². The van der Waals surface area contributed by atoms with E-state index >= 15 is 0 Å². The second kappa shape index (κ2) is 9.40. The lowest BCUT2D eigenvalue weighted by molar-refractivity contribution is 0.0586. The predicted octanol–water partition coefficient (Wildman–Crippen LogP) is 3.94. The molecule has 0 radical (unpaired) electrons. The van der Waals surface area contributed by atoms with Gasteiger partial charge in [-0.15, -0.1) is 0 Å². The van der Waals surface area contributed by atoms with Crippen molar-refractivity contribution in [2.24, 2.45) is 0 Å². The van der Waals surface area contributed by atoms with Gasteiger partial charge in [0, 0.05) is 5.69 Å². The van der Waals surface area contributed by atoms with Crippen molar-refractivity contribution in [1.29, 1.82) is 0 Å². The van der Waals surface area contributed by atoms with Crippen LogP contribution < -0.4 is 0 Å². The molecule has 0 spiro atoms. The molecule has 10 heteroatoms. The predicted molar refractivity (Wildman–Crippen MR) is 90.6 cm³/mol. The number of carbonyl (C=O) groups is 2. The van der Waals surface area contributed by atoms with Crippen LogP contribution in [0.3, 0.4) is 0 Å². The highest BCUT2D eigenvalue weighted by molar-refractivity contribution is 6.30. The van der Waals surface area contributed by atoms with E-state index in [9.17, 15) is 18.4 Å². The number of nitrogens with zero attached hydrogens (tertiary/aromatic N) is 2. The van der Waals surface area contributed by atoms with Gasteiger partial charge in [0.2, 0.25) is 0 Å². The number of carbonyl (C=O) groups excluding carboxylic acids is 2. The van der Waals surface area contributed by atoms with Crippen molar-refractivity contribution in [3.05, 3.63) is 56.6 Å². The van der Waals surface area contributed by atoms with Gasteiger partial charge in [0.05, 0.1) is 19.9 Å². The van der Waals surface area contributed by atoms with Crippen LogP contribution in [0.25, 0.3) is 0 Å². The van der Waals surface area contributed by atoms with Crippen molar-refractivity contribution in [1.82, 2.24) is 9.97 Å². The number of halogens is 4. The Labute approximate surface area is 158 Å². The fourth-order valence-corrected chi connectivity index (χ4v) is 2.23. The molecule has 2 heterocycles. The van der Waals surface area contributed by atoms with Gasteiger partial charge >= 0.3 is 11.9 Å². The molecule has 0 aliphatic heterocycles. The zero-order valence-electron chi connectivity index (χ0n) is 14.2. The molecule has 0 fully saturated rings. The molecule has 0 aliphatic carbocycles. The lowest BCUT2D eigenvalue weighted by atomic mass is 10.2. The first kappa shape index (κ1) is 21.7. The lowest BCUT2D eigenvalue weighted by Gasteiger charge is -2.03. The molecule has 2 rings (SSSR count). The first-order valence-corrected chi connectivity index (χ1v) is 7.69. The van der Waals surface area contributed by atoms with Gasteiger partial charge in [0.15, 0.2) is 16.8 Å². The van der Waals surface area contributed by atoms with E-state index in [0.29, 0.717) is 5.69 Å². The molecule has 0 amide bonds. The van der Waals surface area contributed by atoms with Crippen molar-refractivity contribution >= 4 is 35.1 Å². The summed E-state index contributed by atoms with van der Waals surface area (Å²) in [5.74, 6) is -3.06. The number of esters is 2. The molecule has 2 aromatic rings. The molecule has 140 valence electrons. The second-order valence-corrected chi connectivity index (χ2v) is 5.54. The van der Waals surface area contributed by atoms with Crippen molar-refractivity contribution in [2.45, 2.75) is 13.8 Å². The topological polar surface area (TPSA) is 78.4 Å². The third-order valence-electron chi connectivity index (χ3n) is 2.95. The summed E-state index contributed by atoms with van der Waals surface area (Å²) in [5, 5.41) is -0.250. The SMILES string of the molecule is COC(=O)c1cc(C)nc(Cl)c1F.COC(=O)c1cc(Cl)nc(C)c1F. The summed E-state index contributed by atoms with van der Waals surface area (Å²) in [7, 11) is 2.34. The molecule has 0 N–H and O–H groups in total. The number of ether oxygens (including phenoxy) is 2. The summed E-state index contributed by atoms with van der Waals surface area (Å²) in [6.07, 6.45) is 0. The van der Waals surface area contributed by atoms with Gasteiger partial charge in [-0.2, -0.15) is 0 Å². The van der Waals surface area contributed by atoms with Gasteiger partial charge < -0.3 is 9.47 Å². The van der Waals surface area contributed by atoms with Crippen molar-refractivity contribution < 1.29 is 27.8 Å². The molecule has 6 nitrogen and oxygen atoms in total. The maximum absolute atomic E-state index is 13.2. The molecular formula is C16H14Cl2F2N2O4. The highest BCUT2D eigenvalue weighted by Crippen LogP contribution is 2.18. The van der Waals surface area contributed by atoms with Crippen LogP contribution in [0.2, 0.25) is 10.3 Å². The van der Waals surface area contributed by atoms with Crippen molar-refractivity contribution in [3.63, 3.8) is 0 Å². The number of aromatic nitrogens is 2. The van der Waals surface area contributed by atoms with Crippen molar-refractivity contribution in [3.8, 4) is 0 Å². The molecule has 0 atom stereocenters. The van der Waals surface area contributed by atoms with Crippen LogP contribution in [0.5, 0.6) is 0 Å². The van der Waals surface area contributed by atoms with Gasteiger partial charge in [-0.25, -0.2) is 28.3 Å². The molecule has 0 aliphatic rings. The summed E-state index contributed by atoms with van der Waals surface area (Å²) in [4.78, 5) is 29.2. The number of methoxy groups -OCH3 is 2. The molecule has 0 saturated carbocycles. The van der Waals surface area contributed by atoms with Crippen molar-refractivity contribution in [2.75, 3.05) is 14.2 Å². The lowest BCUT2D eigenvalue weighted by Crippen LogP contribution is -2.07. The van der Waals surface area contributed by atoms with Gasteiger partial charge in [-0.05, 0) is 26.0 Å². The fourth-order valence-electron chi connectivity index (χ4n) is 1.76. The Morgan fingerprint density at radius 3 is 1.92 bits per heavy atom. The maximum Gasteiger partial charge on any atom is 0.341 e. The Hall–Kier alpha value is -2.32. The van der Waals surface area contributed by atoms with E-state index in [-0.39, 0.29) is 27.1 Å². The zero-order chi connectivity index (χ0) is 20.0. The number of pyridine rings is 2. The monoisotopic (exact) mass is 406 g/mol. The van der Waals surface area contributed by atoms with E-state index < -0.39 is 23.6 Å². The highest BCUT2D eigenvalue weighted by atomic mass is 35.5. The Morgan fingerprint density at radius 2 is 1.42 bits per heavy atom. The van der Waals surface area contributed by atoms with Crippen LogP contribution in [0.4, 0.5) is 8.78 Å². The minimum absolute atomic E-state index is 0.0688. The number of hydrogen-bond donors (Lipinski definition) is 0. The normalized spacial score (nSPS) is 9.85. The Balaban J connectivity index is 0.000000260. The summed E-state index contributed by atoms with van der Waals surface area (Å²) in [6.45, 7) is 3.03. The van der Waals surface area contributed by atoms with E-state index in [1.807, 2.05) is 0 Å². The molecule has 0 unspecified atom stereocenters. The largest absolute Gasteiger partial charge is 0.465 e. The van der Waals surface area contributed by atoms with E-state index in [1.54, 1.807) is 6.92 Å². The second-order valence-electron chi connectivity index (χ2n) is 4.79. The van der Waals surface area contributed by atoms with Crippen LogP contribution in [-0.2, 0) is 9.47 Å². The number of rotatable bonds is 2. The van der Waals surface area contributed by atoms with Crippen LogP contribution in [0.1, 0.15) is 32.1 Å². The Bertz CT molecular complexity index is 778. The molecule has 2 aromatic heterocycles. The van der Waals surface area contributed by atoms with E-state index in [2.05, 4.69) is 19.4 Å². The summed E-state index contributed by atoms with van der Waals surface area (Å²) >= 11 is 11.0. The van der Waals surface area contributed by atoms with Crippen LogP contribution >= 0.6 is 23.2 Å². The smallest absolute Gasteiger partial charge is 0.341 e. The molecule has 26 heavy (non-hydrogen) atoms. The van der Waals surface area contributed by atoms with Crippen LogP contribution in [0, 0.1) is 25.5 Å². The van der Waals surface area contributed by atoms with E-state index in [0.717, 1.165) is 6.07 Å². The standard InChI is InChI=1S/2C8H7ClFNO2/c1-4-7(10)5(8(12)13-2)3-6(9)11-4;1-4-3-5(8(12)13-2)6(10)7(9)11-4/h2*3H,1-2H3. The highest BCUT2D eigenvalue weighted by Gasteiger charge is 2.17. The molecule has 0 aromatic carbocycles. The van der Waals surface area contributed by atoms with Crippen LogP contribution in [-0.4, -0.2) is 36.1 Å². The Kier molecular flexibility index (Phi) is 7.85. The summed E-state index contributed by atoms with van der Waals surface area (Å²) in [5.41, 5.74) is 0.153. The minimum atomic E-state index is -0.848. The molecule has 0 bridgehead atoms. The molecular weight excluding hydrogens is 393 g/mol. The average Bonchev–Trinajstić information content (AvgIpc) is 2.60. The number of hydrogen-bond acceptors (Lipinski definition) is 6.